The van der Waals surface area contributed by atoms with E-state index in [1.807, 2.05) is 0 Å². The van der Waals surface area contributed by atoms with E-state index in [0.717, 1.165) is 0 Å². The third-order valence-electron chi connectivity index (χ3n) is 0.784. The van der Waals surface area contributed by atoms with E-state index >= 15 is 0 Å². The summed E-state index contributed by atoms with van der Waals surface area (Å²) in [7, 11) is -3.79. The van der Waals surface area contributed by atoms with Crippen LogP contribution in [0.25, 0.3) is 0 Å². The molecule has 5 heteroatoms. The minimum Gasteiger partial charge on any atom is -0.379 e. The molecule has 0 bridgehead atoms. The number of hydrogen-bond acceptors (Lipinski definition) is 2. The highest BCUT2D eigenvalue weighted by atomic mass is 31.2. The summed E-state index contributed by atoms with van der Waals surface area (Å²) in [6.07, 6.45) is 0. The second-order valence-corrected chi connectivity index (χ2v) is 4.46. The van der Waals surface area contributed by atoms with Gasteiger partial charge in [-0.2, -0.15) is 0 Å². The van der Waals surface area contributed by atoms with Gasteiger partial charge in [0.05, 0.1) is 0 Å². The van der Waals surface area contributed by atoms with Crippen LogP contribution in [0.2, 0.25) is 0 Å². The van der Waals surface area contributed by atoms with E-state index in [1.165, 1.54) is 13.8 Å². The van der Waals surface area contributed by atoms with E-state index in [2.05, 4.69) is 5.50 Å². The molecule has 0 aliphatic rings. The quantitative estimate of drug-likeness (QED) is 0.441. The molecule has 0 aromatic rings. The second kappa shape index (κ2) is 1.81. The monoisotopic (exact) mass is 139 g/mol. The molecule has 4 N–H and O–H groups in total. The van der Waals surface area contributed by atoms with Crippen molar-refractivity contribution in [3.63, 3.8) is 0 Å². The van der Waals surface area contributed by atoms with Crippen LogP contribution in [-0.2, 0) is 4.57 Å². The van der Waals surface area contributed by atoms with Crippen LogP contribution in [0.15, 0.2) is 0 Å². The average molecular weight is 139 g/mol. The zero-order valence-electron chi connectivity index (χ0n) is 4.83. The summed E-state index contributed by atoms with van der Waals surface area (Å²) in [5.74, 6) is 0. The fourth-order valence-electron chi connectivity index (χ4n) is 0. The van der Waals surface area contributed by atoms with Crippen LogP contribution < -0.4 is 5.50 Å². The first kappa shape index (κ1) is 8.11. The summed E-state index contributed by atoms with van der Waals surface area (Å²) >= 11 is 0. The minimum atomic E-state index is -3.79. The van der Waals surface area contributed by atoms with Gasteiger partial charge in [-0.25, -0.2) is 0 Å². The van der Waals surface area contributed by atoms with Crippen molar-refractivity contribution in [1.82, 2.24) is 0 Å². The summed E-state index contributed by atoms with van der Waals surface area (Å²) in [4.78, 5) is 8.44. The molecule has 0 amide bonds. The highest BCUT2D eigenvalue weighted by Crippen LogP contribution is 2.43. The van der Waals surface area contributed by atoms with Gasteiger partial charge in [-0.15, -0.1) is 0 Å². The molecule has 0 radical (unpaired) electrons. The molecule has 1 atom stereocenters. The summed E-state index contributed by atoms with van der Waals surface area (Å²) < 4.78 is 10.3. The lowest BCUT2D eigenvalue weighted by Gasteiger charge is -2.19. The molecule has 0 saturated carbocycles. The second-order valence-electron chi connectivity index (χ2n) is 2.12. The van der Waals surface area contributed by atoms with Crippen molar-refractivity contribution in [2.24, 2.45) is 5.50 Å². The van der Waals surface area contributed by atoms with Crippen LogP contribution in [0.1, 0.15) is 13.8 Å². The first-order chi connectivity index (χ1) is 3.25. The molecule has 0 heterocycles. The number of nitrogens with two attached hydrogens (primary N) is 1. The Morgan fingerprint density at radius 2 is 1.75 bits per heavy atom. The van der Waals surface area contributed by atoms with E-state index in [-0.39, 0.29) is 0 Å². The lowest BCUT2D eigenvalue weighted by Crippen LogP contribution is -2.23. The summed E-state index contributed by atoms with van der Waals surface area (Å²) in [5, 5.41) is 7.04. The van der Waals surface area contributed by atoms with Gasteiger partial charge in [0.25, 0.3) is 7.52 Å². The van der Waals surface area contributed by atoms with Crippen LogP contribution in [0, 0.1) is 0 Å². The van der Waals surface area contributed by atoms with E-state index in [4.69, 9.17) is 10.00 Å². The maximum absolute atomic E-state index is 10.3. The van der Waals surface area contributed by atoms with Gasteiger partial charge in [0.2, 0.25) is 0 Å². The van der Waals surface area contributed by atoms with Crippen molar-refractivity contribution >= 4 is 7.52 Å². The highest BCUT2D eigenvalue weighted by Gasteiger charge is 2.32. The van der Waals surface area contributed by atoms with Gasteiger partial charge in [-0.05, 0) is 13.8 Å². The third-order valence-corrected chi connectivity index (χ3v) is 2.35. The molecule has 0 aliphatic carbocycles. The topological polar surface area (TPSA) is 83.5 Å². The molecule has 8 heavy (non-hydrogen) atoms. The Balaban J connectivity index is 4.26. The summed E-state index contributed by atoms with van der Waals surface area (Å²) in [6.45, 7) is 2.38. The van der Waals surface area contributed by atoms with Crippen molar-refractivity contribution in [3.05, 3.63) is 0 Å². The summed E-state index contributed by atoms with van der Waals surface area (Å²) in [6, 6.07) is 0. The lowest BCUT2D eigenvalue weighted by atomic mass is 10.5. The first-order valence-corrected chi connectivity index (χ1v) is 3.82. The fraction of sp³-hybridized carbons (Fsp3) is 1.00. The molecule has 0 aromatic heterocycles. The van der Waals surface area contributed by atoms with Crippen molar-refractivity contribution in [2.75, 3.05) is 0 Å². The molecule has 50 valence electrons. The number of rotatable bonds is 1. The van der Waals surface area contributed by atoms with Gasteiger partial charge in [-0.3, -0.25) is 10.1 Å². The first-order valence-electron chi connectivity index (χ1n) is 2.09. The molecule has 1 unspecified atom stereocenters. The Morgan fingerprint density at radius 3 is 1.75 bits per heavy atom. The molecule has 0 aromatic carbocycles. The largest absolute Gasteiger partial charge is 0.379 e. The van der Waals surface area contributed by atoms with Gasteiger partial charge in [0.15, 0.2) is 0 Å². The van der Waals surface area contributed by atoms with Gasteiger partial charge < -0.3 is 10.00 Å². The standard InChI is InChI=1S/C3H10NO3P/c1-3(2,5)8(4,6)7/h5H,1-2H3,(H3,4,6,7). The Labute approximate surface area is 47.8 Å². The maximum Gasteiger partial charge on any atom is 0.294 e. The Morgan fingerprint density at radius 1 is 1.62 bits per heavy atom. The number of aliphatic hydroxyl groups is 1. The zero-order chi connectivity index (χ0) is 7.00. The van der Waals surface area contributed by atoms with Crippen LogP contribution in [-0.4, -0.2) is 15.3 Å². The van der Waals surface area contributed by atoms with E-state index in [9.17, 15) is 4.57 Å². The van der Waals surface area contributed by atoms with Crippen LogP contribution in [0.5, 0.6) is 0 Å². The minimum absolute atomic E-state index is 1.19. The zero-order valence-corrected chi connectivity index (χ0v) is 5.72. The van der Waals surface area contributed by atoms with Crippen LogP contribution in [0.3, 0.4) is 0 Å². The van der Waals surface area contributed by atoms with Crippen molar-refractivity contribution < 1.29 is 14.6 Å². The van der Waals surface area contributed by atoms with Crippen molar-refractivity contribution in [2.45, 2.75) is 19.2 Å². The molecule has 0 aliphatic heterocycles. The normalized spacial score (nSPS) is 20.1. The molecule has 0 fully saturated rings. The molecule has 4 nitrogen and oxygen atoms in total. The smallest absolute Gasteiger partial charge is 0.294 e. The van der Waals surface area contributed by atoms with Crippen molar-refractivity contribution in [1.29, 1.82) is 0 Å². The average Bonchev–Trinajstić information content (AvgIpc) is 1.25. The predicted octanol–water partition coefficient (Wildman–Crippen LogP) is -0.141. The predicted molar refractivity (Wildman–Crippen MR) is 30.3 cm³/mol. The van der Waals surface area contributed by atoms with E-state index < -0.39 is 12.9 Å². The highest BCUT2D eigenvalue weighted by molar-refractivity contribution is 7.56. The Kier molecular flexibility index (Phi) is 1.83. The Bertz CT molecular complexity index is 121. The molecular formula is C3H10NO3P. The lowest BCUT2D eigenvalue weighted by molar-refractivity contribution is 0.148. The SMILES string of the molecule is CC(C)(O)P(N)(=O)O. The van der Waals surface area contributed by atoms with Crippen LogP contribution in [0.4, 0.5) is 0 Å². The van der Waals surface area contributed by atoms with E-state index in [1.54, 1.807) is 0 Å². The third kappa shape index (κ3) is 1.92. The molecular weight excluding hydrogens is 129 g/mol. The summed E-state index contributed by atoms with van der Waals surface area (Å²) in [5.41, 5.74) is 4.67. The van der Waals surface area contributed by atoms with Crippen molar-refractivity contribution in [3.8, 4) is 0 Å². The molecule has 0 spiro atoms. The molecule has 0 rings (SSSR count). The Hall–Kier alpha value is 0.110. The maximum atomic E-state index is 10.3. The molecule has 0 saturated heterocycles. The van der Waals surface area contributed by atoms with Gasteiger partial charge in [0, 0.05) is 0 Å². The van der Waals surface area contributed by atoms with Gasteiger partial charge in [0.1, 0.15) is 5.34 Å². The van der Waals surface area contributed by atoms with Gasteiger partial charge in [-0.1, -0.05) is 0 Å². The van der Waals surface area contributed by atoms with Crippen LogP contribution >= 0.6 is 7.52 Å². The number of hydrogen-bond donors (Lipinski definition) is 3. The van der Waals surface area contributed by atoms with E-state index in [0.29, 0.717) is 0 Å². The fourth-order valence-corrected chi connectivity index (χ4v) is 0. The van der Waals surface area contributed by atoms with Gasteiger partial charge >= 0.3 is 0 Å².